The molecule has 1 rings (SSSR count). The fourth-order valence-electron chi connectivity index (χ4n) is 2.68. The first kappa shape index (κ1) is 18.1. The molecule has 120 valence electrons. The van der Waals surface area contributed by atoms with E-state index in [2.05, 4.69) is 36.3 Å². The maximum absolute atomic E-state index is 9.90. The normalized spacial score (nSPS) is 21.0. The van der Waals surface area contributed by atoms with Crippen LogP contribution in [0.1, 0.15) is 45.4 Å². The van der Waals surface area contributed by atoms with Crippen molar-refractivity contribution in [2.24, 2.45) is 0 Å². The molecule has 3 N–H and O–H groups in total. The standard InChI is InChI=1S/C18H32N2O/c1-4-6-7-8-16-13-17(10-9-15(16)5-2)20-14-18(21)11-12-19-3/h5,7-8,17-21H,2,4,6,9-14H2,1,3H3/b8-7-. The first-order valence-electron chi connectivity index (χ1n) is 8.28. The summed E-state index contributed by atoms with van der Waals surface area (Å²) < 4.78 is 0. The van der Waals surface area contributed by atoms with Gasteiger partial charge in [-0.25, -0.2) is 0 Å². The lowest BCUT2D eigenvalue weighted by Gasteiger charge is -2.27. The van der Waals surface area contributed by atoms with Gasteiger partial charge >= 0.3 is 0 Å². The SMILES string of the molecule is C=CC1=C(/C=C\CCC)CC(NCC(O)CCNC)CC1. The van der Waals surface area contributed by atoms with Crippen molar-refractivity contribution in [1.82, 2.24) is 10.6 Å². The van der Waals surface area contributed by atoms with Crippen molar-refractivity contribution in [3.05, 3.63) is 36.0 Å². The first-order chi connectivity index (χ1) is 10.2. The Morgan fingerprint density at radius 2 is 2.24 bits per heavy atom. The summed E-state index contributed by atoms with van der Waals surface area (Å²) in [5, 5.41) is 16.5. The zero-order valence-electron chi connectivity index (χ0n) is 13.7. The number of hydrogen-bond acceptors (Lipinski definition) is 3. The molecular weight excluding hydrogens is 260 g/mol. The van der Waals surface area contributed by atoms with E-state index < -0.39 is 0 Å². The predicted molar refractivity (Wildman–Crippen MR) is 91.5 cm³/mol. The molecule has 3 heteroatoms. The Morgan fingerprint density at radius 1 is 1.43 bits per heavy atom. The summed E-state index contributed by atoms with van der Waals surface area (Å²) in [6, 6.07) is 0.471. The molecule has 3 nitrogen and oxygen atoms in total. The minimum absolute atomic E-state index is 0.263. The monoisotopic (exact) mass is 292 g/mol. The van der Waals surface area contributed by atoms with E-state index in [0.29, 0.717) is 12.6 Å². The highest BCUT2D eigenvalue weighted by Gasteiger charge is 2.18. The van der Waals surface area contributed by atoms with E-state index in [0.717, 1.165) is 38.6 Å². The molecule has 0 heterocycles. The highest BCUT2D eigenvalue weighted by molar-refractivity contribution is 5.35. The van der Waals surface area contributed by atoms with Crippen molar-refractivity contribution in [1.29, 1.82) is 0 Å². The Kier molecular flexibility index (Phi) is 9.31. The van der Waals surface area contributed by atoms with Crippen molar-refractivity contribution in [3.63, 3.8) is 0 Å². The van der Waals surface area contributed by atoms with Gasteiger partial charge in [-0.2, -0.15) is 0 Å². The summed E-state index contributed by atoms with van der Waals surface area (Å²) in [7, 11) is 1.91. The molecule has 0 saturated carbocycles. The highest BCUT2D eigenvalue weighted by atomic mass is 16.3. The highest BCUT2D eigenvalue weighted by Crippen LogP contribution is 2.27. The van der Waals surface area contributed by atoms with Crippen LogP contribution in [-0.2, 0) is 0 Å². The molecule has 2 atom stereocenters. The summed E-state index contributed by atoms with van der Waals surface area (Å²) in [4.78, 5) is 0. The van der Waals surface area contributed by atoms with E-state index in [4.69, 9.17) is 0 Å². The van der Waals surface area contributed by atoms with Gasteiger partial charge in [0.1, 0.15) is 0 Å². The van der Waals surface area contributed by atoms with Crippen LogP contribution in [0.4, 0.5) is 0 Å². The Labute approximate surface area is 130 Å². The second-order valence-corrected chi connectivity index (χ2v) is 5.84. The van der Waals surface area contributed by atoms with Crippen LogP contribution >= 0.6 is 0 Å². The zero-order chi connectivity index (χ0) is 15.5. The lowest BCUT2D eigenvalue weighted by Crippen LogP contribution is -2.38. The molecule has 0 aliphatic heterocycles. The number of rotatable bonds is 10. The molecule has 0 spiro atoms. The summed E-state index contributed by atoms with van der Waals surface area (Å²) >= 11 is 0. The number of aliphatic hydroxyl groups excluding tert-OH is 1. The van der Waals surface area contributed by atoms with Crippen LogP contribution in [0.25, 0.3) is 0 Å². The van der Waals surface area contributed by atoms with Gasteiger partial charge in [0.25, 0.3) is 0 Å². The number of hydrogen-bond donors (Lipinski definition) is 3. The fraction of sp³-hybridized carbons (Fsp3) is 0.667. The topological polar surface area (TPSA) is 44.3 Å². The van der Waals surface area contributed by atoms with Crippen molar-refractivity contribution in [3.8, 4) is 0 Å². The Bertz CT molecular complexity index is 360. The predicted octanol–water partition coefficient (Wildman–Crippen LogP) is 2.94. The largest absolute Gasteiger partial charge is 0.392 e. The number of unbranched alkanes of at least 4 members (excludes halogenated alkanes) is 1. The molecule has 0 saturated heterocycles. The van der Waals surface area contributed by atoms with Crippen LogP contribution in [0.3, 0.4) is 0 Å². The van der Waals surface area contributed by atoms with E-state index in [1.54, 1.807) is 0 Å². The Balaban J connectivity index is 2.46. The average Bonchev–Trinajstić information content (AvgIpc) is 2.51. The quantitative estimate of drug-likeness (QED) is 0.580. The van der Waals surface area contributed by atoms with Crippen LogP contribution in [0.5, 0.6) is 0 Å². The zero-order valence-corrected chi connectivity index (χ0v) is 13.7. The molecule has 21 heavy (non-hydrogen) atoms. The van der Waals surface area contributed by atoms with Gasteiger partial charge in [-0.15, -0.1) is 0 Å². The molecule has 0 fully saturated rings. The summed E-state index contributed by atoms with van der Waals surface area (Å²) in [6.07, 6.45) is 12.7. The molecular formula is C18H32N2O. The van der Waals surface area contributed by atoms with Crippen molar-refractivity contribution in [2.45, 2.75) is 57.6 Å². The Hall–Kier alpha value is -0.900. The second kappa shape index (κ2) is 10.8. The van der Waals surface area contributed by atoms with Crippen LogP contribution in [0.2, 0.25) is 0 Å². The molecule has 0 radical (unpaired) electrons. The summed E-state index contributed by atoms with van der Waals surface area (Å²) in [5.74, 6) is 0. The lowest BCUT2D eigenvalue weighted by molar-refractivity contribution is 0.156. The van der Waals surface area contributed by atoms with Crippen molar-refractivity contribution >= 4 is 0 Å². The minimum Gasteiger partial charge on any atom is -0.392 e. The van der Waals surface area contributed by atoms with E-state index in [1.165, 1.54) is 17.6 Å². The van der Waals surface area contributed by atoms with Crippen LogP contribution in [-0.4, -0.2) is 37.4 Å². The second-order valence-electron chi connectivity index (χ2n) is 5.84. The average molecular weight is 292 g/mol. The third kappa shape index (κ3) is 7.07. The van der Waals surface area contributed by atoms with Gasteiger partial charge in [-0.1, -0.05) is 38.2 Å². The molecule has 2 unspecified atom stereocenters. The first-order valence-corrected chi connectivity index (χ1v) is 8.28. The molecule has 1 aliphatic rings. The minimum atomic E-state index is -0.263. The van der Waals surface area contributed by atoms with Gasteiger partial charge in [0, 0.05) is 12.6 Å². The maximum Gasteiger partial charge on any atom is 0.0676 e. The van der Waals surface area contributed by atoms with E-state index in [1.807, 2.05) is 13.1 Å². The van der Waals surface area contributed by atoms with Crippen molar-refractivity contribution in [2.75, 3.05) is 20.1 Å². The smallest absolute Gasteiger partial charge is 0.0676 e. The van der Waals surface area contributed by atoms with E-state index in [-0.39, 0.29) is 6.10 Å². The van der Waals surface area contributed by atoms with Gasteiger partial charge in [0.2, 0.25) is 0 Å². The number of allylic oxidation sites excluding steroid dienone is 4. The van der Waals surface area contributed by atoms with Crippen LogP contribution in [0.15, 0.2) is 36.0 Å². The molecule has 0 amide bonds. The van der Waals surface area contributed by atoms with Crippen molar-refractivity contribution < 1.29 is 5.11 Å². The maximum atomic E-state index is 9.90. The van der Waals surface area contributed by atoms with Gasteiger partial charge < -0.3 is 15.7 Å². The third-order valence-corrected chi connectivity index (χ3v) is 4.03. The fourth-order valence-corrected chi connectivity index (χ4v) is 2.68. The molecule has 0 aromatic rings. The van der Waals surface area contributed by atoms with E-state index in [9.17, 15) is 5.11 Å². The number of nitrogens with one attached hydrogen (secondary N) is 2. The molecule has 1 aliphatic carbocycles. The molecule has 0 bridgehead atoms. The van der Waals surface area contributed by atoms with Gasteiger partial charge in [0.15, 0.2) is 0 Å². The summed E-state index contributed by atoms with van der Waals surface area (Å²) in [6.45, 7) is 7.68. The molecule has 0 aromatic carbocycles. The van der Waals surface area contributed by atoms with Crippen LogP contribution < -0.4 is 10.6 Å². The lowest BCUT2D eigenvalue weighted by atomic mass is 9.87. The summed E-state index contributed by atoms with van der Waals surface area (Å²) in [5.41, 5.74) is 2.79. The van der Waals surface area contributed by atoms with Gasteiger partial charge in [0.05, 0.1) is 6.10 Å². The van der Waals surface area contributed by atoms with Gasteiger partial charge in [-0.05, 0) is 56.8 Å². The number of aliphatic hydroxyl groups is 1. The van der Waals surface area contributed by atoms with Crippen LogP contribution in [0, 0.1) is 0 Å². The van der Waals surface area contributed by atoms with E-state index >= 15 is 0 Å². The Morgan fingerprint density at radius 3 is 2.90 bits per heavy atom. The van der Waals surface area contributed by atoms with Gasteiger partial charge in [-0.3, -0.25) is 0 Å². The third-order valence-electron chi connectivity index (χ3n) is 4.03. The molecule has 0 aromatic heterocycles.